The smallest absolute Gasteiger partial charge is 0.306 e. The lowest BCUT2D eigenvalue weighted by Gasteiger charge is -2.18. The van der Waals surface area contributed by atoms with E-state index in [-0.39, 0.29) is 31.1 Å². The van der Waals surface area contributed by atoms with Gasteiger partial charge in [0.2, 0.25) is 0 Å². The second-order valence-corrected chi connectivity index (χ2v) is 17.5. The van der Waals surface area contributed by atoms with E-state index in [0.29, 0.717) is 19.3 Å². The van der Waals surface area contributed by atoms with E-state index < -0.39 is 6.10 Å². The maximum absolute atomic E-state index is 12.8. The Balaban J connectivity index is 4.41. The van der Waals surface area contributed by atoms with E-state index in [9.17, 15) is 14.4 Å². The second kappa shape index (κ2) is 50.0. The van der Waals surface area contributed by atoms with Crippen molar-refractivity contribution in [3.05, 3.63) is 48.6 Å². The maximum Gasteiger partial charge on any atom is 0.306 e. The Bertz CT molecular complexity index is 1070. The summed E-state index contributed by atoms with van der Waals surface area (Å²) in [5, 5.41) is 0. The van der Waals surface area contributed by atoms with Crippen molar-refractivity contribution < 1.29 is 28.6 Å². The fraction of sp³-hybridized carbons (Fsp3) is 0.800. The van der Waals surface area contributed by atoms with Gasteiger partial charge in [-0.15, -0.1) is 0 Å². The van der Waals surface area contributed by atoms with Crippen molar-refractivity contribution in [2.24, 2.45) is 0 Å². The first kappa shape index (κ1) is 58.4. The molecule has 0 aliphatic rings. The molecule has 0 aliphatic carbocycles. The van der Waals surface area contributed by atoms with Gasteiger partial charge in [-0.3, -0.25) is 14.4 Å². The number of carbonyl (C=O) groups is 3. The zero-order valence-electron chi connectivity index (χ0n) is 40.4. The molecule has 1 unspecified atom stereocenters. The third kappa shape index (κ3) is 48.3. The molecule has 354 valence electrons. The van der Waals surface area contributed by atoms with Crippen LogP contribution in [0.15, 0.2) is 48.6 Å². The van der Waals surface area contributed by atoms with Crippen LogP contribution in [0.4, 0.5) is 0 Å². The average Bonchev–Trinajstić information content (AvgIpc) is 3.26. The number of rotatable bonds is 47. The Morgan fingerprint density at radius 1 is 0.328 bits per heavy atom. The fourth-order valence-corrected chi connectivity index (χ4v) is 7.30. The van der Waals surface area contributed by atoms with Crippen molar-refractivity contribution in [3.63, 3.8) is 0 Å². The highest BCUT2D eigenvalue weighted by Crippen LogP contribution is 2.14. The van der Waals surface area contributed by atoms with Crippen molar-refractivity contribution in [1.29, 1.82) is 0 Å². The van der Waals surface area contributed by atoms with Crippen LogP contribution < -0.4 is 0 Å². The number of hydrogen-bond donors (Lipinski definition) is 0. The fourth-order valence-electron chi connectivity index (χ4n) is 7.30. The van der Waals surface area contributed by atoms with Gasteiger partial charge in [-0.1, -0.05) is 198 Å². The Morgan fingerprint density at radius 2 is 0.590 bits per heavy atom. The zero-order valence-corrected chi connectivity index (χ0v) is 40.4. The van der Waals surface area contributed by atoms with Crippen molar-refractivity contribution in [1.82, 2.24) is 0 Å². The van der Waals surface area contributed by atoms with Crippen molar-refractivity contribution in [2.45, 2.75) is 271 Å². The van der Waals surface area contributed by atoms with Crippen LogP contribution >= 0.6 is 0 Å². The zero-order chi connectivity index (χ0) is 44.4. The summed E-state index contributed by atoms with van der Waals surface area (Å²) >= 11 is 0. The van der Waals surface area contributed by atoms with Gasteiger partial charge in [0.15, 0.2) is 6.10 Å². The molecule has 0 aromatic heterocycles. The summed E-state index contributed by atoms with van der Waals surface area (Å²) in [5.41, 5.74) is 0. The molecular weight excluding hydrogens is 757 g/mol. The van der Waals surface area contributed by atoms with Gasteiger partial charge < -0.3 is 14.2 Å². The predicted octanol–water partition coefficient (Wildman–Crippen LogP) is 17.1. The second-order valence-electron chi connectivity index (χ2n) is 17.5. The normalized spacial score (nSPS) is 12.4. The summed E-state index contributed by atoms with van der Waals surface area (Å²) in [6.45, 7) is 6.57. The van der Waals surface area contributed by atoms with Crippen LogP contribution in [-0.4, -0.2) is 37.2 Å². The van der Waals surface area contributed by atoms with E-state index in [1.807, 2.05) is 0 Å². The van der Waals surface area contributed by atoms with Crippen molar-refractivity contribution >= 4 is 17.9 Å². The summed E-state index contributed by atoms with van der Waals surface area (Å²) in [7, 11) is 0. The van der Waals surface area contributed by atoms with Crippen LogP contribution in [0.25, 0.3) is 0 Å². The molecule has 0 radical (unpaired) electrons. The van der Waals surface area contributed by atoms with Gasteiger partial charge >= 0.3 is 17.9 Å². The van der Waals surface area contributed by atoms with Crippen LogP contribution in [-0.2, 0) is 28.6 Å². The average molecular weight is 855 g/mol. The number of hydrogen-bond acceptors (Lipinski definition) is 6. The molecular formula is C55H98O6. The molecule has 0 bridgehead atoms. The molecule has 0 spiro atoms. The highest BCUT2D eigenvalue weighted by atomic mass is 16.6. The number of allylic oxidation sites excluding steroid dienone is 8. The van der Waals surface area contributed by atoms with Gasteiger partial charge in [0.1, 0.15) is 13.2 Å². The van der Waals surface area contributed by atoms with E-state index in [2.05, 4.69) is 69.4 Å². The third-order valence-corrected chi connectivity index (χ3v) is 11.3. The highest BCUT2D eigenvalue weighted by molar-refractivity contribution is 5.71. The monoisotopic (exact) mass is 855 g/mol. The number of unbranched alkanes of at least 4 members (excludes halogenated alkanes) is 29. The summed E-state index contributed by atoms with van der Waals surface area (Å²) in [4.78, 5) is 38.0. The van der Waals surface area contributed by atoms with E-state index in [1.54, 1.807) is 0 Å². The Morgan fingerprint density at radius 3 is 0.984 bits per heavy atom. The summed E-state index contributed by atoms with van der Waals surface area (Å²) in [6.07, 6.45) is 59.4. The van der Waals surface area contributed by atoms with Crippen LogP contribution in [0.3, 0.4) is 0 Å². The molecule has 0 amide bonds. The molecule has 0 saturated carbocycles. The van der Waals surface area contributed by atoms with Crippen molar-refractivity contribution in [2.75, 3.05) is 13.2 Å². The molecule has 0 N–H and O–H groups in total. The van der Waals surface area contributed by atoms with E-state index >= 15 is 0 Å². The number of ether oxygens (including phenoxy) is 3. The first-order chi connectivity index (χ1) is 30.0. The van der Waals surface area contributed by atoms with Gasteiger partial charge in [0.25, 0.3) is 0 Å². The molecule has 6 heteroatoms. The summed E-state index contributed by atoms with van der Waals surface area (Å²) in [5.74, 6) is -0.910. The Hall–Kier alpha value is -2.63. The molecule has 0 rings (SSSR count). The molecule has 61 heavy (non-hydrogen) atoms. The molecule has 0 aliphatic heterocycles. The van der Waals surface area contributed by atoms with Crippen LogP contribution in [0.5, 0.6) is 0 Å². The molecule has 0 saturated heterocycles. The minimum absolute atomic E-state index is 0.0849. The minimum atomic E-state index is -0.784. The maximum atomic E-state index is 12.8. The predicted molar refractivity (Wildman–Crippen MR) is 261 cm³/mol. The van der Waals surface area contributed by atoms with Crippen LogP contribution in [0.1, 0.15) is 265 Å². The lowest BCUT2D eigenvalue weighted by Crippen LogP contribution is -2.30. The highest BCUT2D eigenvalue weighted by Gasteiger charge is 2.19. The first-order valence-electron chi connectivity index (χ1n) is 26.2. The van der Waals surface area contributed by atoms with Gasteiger partial charge in [-0.2, -0.15) is 0 Å². The number of esters is 3. The van der Waals surface area contributed by atoms with Crippen molar-refractivity contribution in [3.8, 4) is 0 Å². The van der Waals surface area contributed by atoms with Gasteiger partial charge in [0.05, 0.1) is 0 Å². The van der Waals surface area contributed by atoms with E-state index in [4.69, 9.17) is 14.2 Å². The summed E-state index contributed by atoms with van der Waals surface area (Å²) < 4.78 is 16.8. The molecule has 1 atom stereocenters. The Labute approximate surface area is 378 Å². The molecule has 0 aromatic rings. The van der Waals surface area contributed by atoms with Gasteiger partial charge in [-0.05, 0) is 96.3 Å². The third-order valence-electron chi connectivity index (χ3n) is 11.3. The largest absolute Gasteiger partial charge is 0.462 e. The molecule has 0 aromatic carbocycles. The van der Waals surface area contributed by atoms with E-state index in [1.165, 1.54) is 148 Å². The Kier molecular flexibility index (Phi) is 47.9. The van der Waals surface area contributed by atoms with E-state index in [0.717, 1.165) is 77.0 Å². The molecule has 6 nitrogen and oxygen atoms in total. The van der Waals surface area contributed by atoms with Crippen LogP contribution in [0, 0.1) is 0 Å². The SMILES string of the molecule is CCCCC/C=C\C=C/CCCCCCCCC(=O)OCC(COC(=O)CCCCC/C=C\CCCCCCCC)OC(=O)CCCCCCCCC/C=C\CCCCCC. The van der Waals surface area contributed by atoms with Gasteiger partial charge in [0, 0.05) is 19.3 Å². The summed E-state index contributed by atoms with van der Waals surface area (Å²) in [6, 6.07) is 0. The first-order valence-corrected chi connectivity index (χ1v) is 26.2. The van der Waals surface area contributed by atoms with Crippen LogP contribution in [0.2, 0.25) is 0 Å². The minimum Gasteiger partial charge on any atom is -0.462 e. The van der Waals surface area contributed by atoms with Gasteiger partial charge in [-0.25, -0.2) is 0 Å². The topological polar surface area (TPSA) is 78.9 Å². The molecule has 0 heterocycles. The number of carbonyl (C=O) groups excluding carboxylic acids is 3. The quantitative estimate of drug-likeness (QED) is 0.0199. The molecule has 0 fully saturated rings. The standard InChI is InChI=1S/C55H98O6/c1-4-7-10-13-16-19-22-25-27-30-33-36-39-42-45-48-54(57)60-51-52(50-59-53(56)47-44-41-38-35-32-29-24-21-18-15-12-9-6-3)61-55(58)49-46-43-40-37-34-31-28-26-23-20-17-14-11-8-5-2/h16,19-20,22-23,25,29,32,52H,4-15,17-18,21,24,26-28,30-31,33-51H2,1-3H3/b19-16-,23-20-,25-22-,32-29-. The lowest BCUT2D eigenvalue weighted by molar-refractivity contribution is -0.167. The lowest BCUT2D eigenvalue weighted by atomic mass is 10.1.